The number of rotatable bonds is 4. The number of aryl methyl sites for hydroxylation is 1. The maximum Gasteiger partial charge on any atom is 0.0982 e. The van der Waals surface area contributed by atoms with Crippen LogP contribution in [-0.2, 0) is 11.3 Å². The molecular formula is C15H26N4O. The third kappa shape index (κ3) is 3.40. The summed E-state index contributed by atoms with van der Waals surface area (Å²) in [5.41, 5.74) is 1.22. The van der Waals surface area contributed by atoms with E-state index in [0.29, 0.717) is 0 Å². The predicted molar refractivity (Wildman–Crippen MR) is 78.6 cm³/mol. The Morgan fingerprint density at radius 2 is 2.25 bits per heavy atom. The molecule has 0 aliphatic carbocycles. The third-order valence-corrected chi connectivity index (χ3v) is 4.47. The van der Waals surface area contributed by atoms with Crippen LogP contribution in [0.3, 0.4) is 0 Å². The van der Waals surface area contributed by atoms with Crippen LogP contribution in [-0.4, -0.2) is 54.0 Å². The van der Waals surface area contributed by atoms with Gasteiger partial charge >= 0.3 is 0 Å². The molecule has 0 aromatic carbocycles. The SMILES string of the molecule is CCn1cc(C2CN(CC3CCNCC3)CCO2)cn1. The van der Waals surface area contributed by atoms with Gasteiger partial charge in [-0.2, -0.15) is 5.10 Å². The summed E-state index contributed by atoms with van der Waals surface area (Å²) in [6.07, 6.45) is 6.91. The lowest BCUT2D eigenvalue weighted by Crippen LogP contribution is -2.43. The number of nitrogens with zero attached hydrogens (tertiary/aromatic N) is 3. The predicted octanol–water partition coefficient (Wildman–Crippen LogP) is 1.28. The first-order valence-corrected chi connectivity index (χ1v) is 7.92. The minimum Gasteiger partial charge on any atom is -0.371 e. The third-order valence-electron chi connectivity index (χ3n) is 4.47. The highest BCUT2D eigenvalue weighted by Crippen LogP contribution is 2.23. The summed E-state index contributed by atoms with van der Waals surface area (Å²) in [7, 11) is 0. The Morgan fingerprint density at radius 1 is 1.40 bits per heavy atom. The van der Waals surface area contributed by atoms with Gasteiger partial charge in [-0.25, -0.2) is 0 Å². The van der Waals surface area contributed by atoms with E-state index in [2.05, 4.69) is 28.4 Å². The van der Waals surface area contributed by atoms with Crippen LogP contribution in [0.4, 0.5) is 0 Å². The largest absolute Gasteiger partial charge is 0.371 e. The van der Waals surface area contributed by atoms with Gasteiger partial charge in [0.05, 0.1) is 18.9 Å². The lowest BCUT2D eigenvalue weighted by Gasteiger charge is -2.35. The molecule has 0 spiro atoms. The number of nitrogens with one attached hydrogen (secondary N) is 1. The Balaban J connectivity index is 1.55. The van der Waals surface area contributed by atoms with E-state index in [-0.39, 0.29) is 6.10 Å². The van der Waals surface area contributed by atoms with Crippen molar-refractivity contribution in [3.63, 3.8) is 0 Å². The second kappa shape index (κ2) is 6.70. The first-order valence-electron chi connectivity index (χ1n) is 7.92. The topological polar surface area (TPSA) is 42.3 Å². The van der Waals surface area contributed by atoms with Crippen molar-refractivity contribution in [2.75, 3.05) is 39.3 Å². The molecule has 1 atom stereocenters. The van der Waals surface area contributed by atoms with Gasteiger partial charge in [-0.3, -0.25) is 9.58 Å². The van der Waals surface area contributed by atoms with E-state index in [9.17, 15) is 0 Å². The molecule has 2 aliphatic heterocycles. The first kappa shape index (κ1) is 14.0. The van der Waals surface area contributed by atoms with E-state index >= 15 is 0 Å². The monoisotopic (exact) mass is 278 g/mol. The van der Waals surface area contributed by atoms with E-state index in [1.165, 1.54) is 38.0 Å². The minimum absolute atomic E-state index is 0.200. The minimum atomic E-state index is 0.200. The van der Waals surface area contributed by atoms with Crippen LogP contribution in [0.5, 0.6) is 0 Å². The smallest absolute Gasteiger partial charge is 0.0982 e. The van der Waals surface area contributed by atoms with E-state index in [4.69, 9.17) is 4.74 Å². The van der Waals surface area contributed by atoms with Crippen molar-refractivity contribution in [1.82, 2.24) is 20.0 Å². The number of hydrogen-bond acceptors (Lipinski definition) is 4. The van der Waals surface area contributed by atoms with Crippen molar-refractivity contribution >= 4 is 0 Å². The van der Waals surface area contributed by atoms with Gasteiger partial charge in [0.2, 0.25) is 0 Å². The highest BCUT2D eigenvalue weighted by molar-refractivity contribution is 5.09. The van der Waals surface area contributed by atoms with Gasteiger partial charge in [-0.05, 0) is 38.8 Å². The molecule has 5 nitrogen and oxygen atoms in total. The second-order valence-electron chi connectivity index (χ2n) is 5.94. The Labute approximate surface area is 121 Å². The fourth-order valence-electron chi connectivity index (χ4n) is 3.22. The summed E-state index contributed by atoms with van der Waals surface area (Å²) in [6, 6.07) is 0. The van der Waals surface area contributed by atoms with Crippen LogP contribution < -0.4 is 5.32 Å². The molecule has 2 aliphatic rings. The number of hydrogen-bond donors (Lipinski definition) is 1. The van der Waals surface area contributed by atoms with Crippen LogP contribution in [0.25, 0.3) is 0 Å². The van der Waals surface area contributed by atoms with Crippen molar-refractivity contribution in [2.24, 2.45) is 5.92 Å². The molecule has 3 rings (SSSR count). The molecule has 2 fully saturated rings. The zero-order chi connectivity index (χ0) is 13.8. The Hall–Kier alpha value is -0.910. The quantitative estimate of drug-likeness (QED) is 0.901. The molecule has 5 heteroatoms. The standard InChI is InChI=1S/C15H26N4O/c1-2-19-11-14(9-17-19)15-12-18(7-8-20-15)10-13-3-5-16-6-4-13/h9,11,13,15-16H,2-8,10,12H2,1H3. The van der Waals surface area contributed by atoms with Gasteiger partial charge in [0, 0.05) is 37.9 Å². The Bertz CT molecular complexity index is 414. The number of morpholine rings is 1. The molecule has 1 unspecified atom stereocenters. The zero-order valence-electron chi connectivity index (χ0n) is 12.4. The number of aromatic nitrogens is 2. The number of piperidine rings is 1. The molecule has 3 heterocycles. The molecule has 0 saturated carbocycles. The average molecular weight is 278 g/mol. The molecule has 0 amide bonds. The van der Waals surface area contributed by atoms with E-state index < -0.39 is 0 Å². The molecular weight excluding hydrogens is 252 g/mol. The van der Waals surface area contributed by atoms with Crippen LogP contribution in [0.1, 0.15) is 31.4 Å². The summed E-state index contributed by atoms with van der Waals surface area (Å²) in [6.45, 7) is 9.55. The Morgan fingerprint density at radius 3 is 3.00 bits per heavy atom. The molecule has 0 bridgehead atoms. The molecule has 0 radical (unpaired) electrons. The number of ether oxygens (including phenoxy) is 1. The molecule has 1 aromatic rings. The first-order chi connectivity index (χ1) is 9.85. The molecule has 20 heavy (non-hydrogen) atoms. The van der Waals surface area contributed by atoms with Crippen molar-refractivity contribution in [1.29, 1.82) is 0 Å². The fraction of sp³-hybridized carbons (Fsp3) is 0.800. The van der Waals surface area contributed by atoms with Gasteiger partial charge < -0.3 is 10.1 Å². The normalized spacial score (nSPS) is 25.9. The maximum absolute atomic E-state index is 5.93. The average Bonchev–Trinajstić information content (AvgIpc) is 2.98. The lowest BCUT2D eigenvalue weighted by atomic mass is 9.97. The maximum atomic E-state index is 5.93. The van der Waals surface area contributed by atoms with E-state index in [1.807, 2.05) is 10.9 Å². The highest BCUT2D eigenvalue weighted by Gasteiger charge is 2.25. The Kier molecular flexibility index (Phi) is 4.70. The van der Waals surface area contributed by atoms with Crippen LogP contribution in [0, 0.1) is 5.92 Å². The molecule has 1 N–H and O–H groups in total. The van der Waals surface area contributed by atoms with Gasteiger partial charge in [-0.1, -0.05) is 0 Å². The molecule has 112 valence electrons. The van der Waals surface area contributed by atoms with Gasteiger partial charge in [-0.15, -0.1) is 0 Å². The molecule has 2 saturated heterocycles. The zero-order valence-corrected chi connectivity index (χ0v) is 12.4. The van der Waals surface area contributed by atoms with Gasteiger partial charge in [0.1, 0.15) is 0 Å². The van der Waals surface area contributed by atoms with Crippen LogP contribution >= 0.6 is 0 Å². The summed E-state index contributed by atoms with van der Waals surface area (Å²) in [5.74, 6) is 0.855. The second-order valence-corrected chi connectivity index (χ2v) is 5.94. The highest BCUT2D eigenvalue weighted by atomic mass is 16.5. The summed E-state index contributed by atoms with van der Waals surface area (Å²) in [4.78, 5) is 2.58. The van der Waals surface area contributed by atoms with Crippen molar-refractivity contribution < 1.29 is 4.74 Å². The van der Waals surface area contributed by atoms with Crippen LogP contribution in [0.15, 0.2) is 12.4 Å². The van der Waals surface area contributed by atoms with E-state index in [1.54, 1.807) is 0 Å². The van der Waals surface area contributed by atoms with E-state index in [0.717, 1.165) is 32.2 Å². The lowest BCUT2D eigenvalue weighted by molar-refractivity contribution is -0.0357. The summed E-state index contributed by atoms with van der Waals surface area (Å²) in [5, 5.41) is 7.80. The summed E-state index contributed by atoms with van der Waals surface area (Å²) >= 11 is 0. The van der Waals surface area contributed by atoms with Gasteiger partial charge in [0.25, 0.3) is 0 Å². The van der Waals surface area contributed by atoms with Crippen LogP contribution in [0.2, 0.25) is 0 Å². The fourth-order valence-corrected chi connectivity index (χ4v) is 3.22. The van der Waals surface area contributed by atoms with Gasteiger partial charge in [0.15, 0.2) is 0 Å². The van der Waals surface area contributed by atoms with Crippen molar-refractivity contribution in [2.45, 2.75) is 32.4 Å². The summed E-state index contributed by atoms with van der Waals surface area (Å²) < 4.78 is 7.91. The van der Waals surface area contributed by atoms with Crippen molar-refractivity contribution in [3.8, 4) is 0 Å². The molecule has 1 aromatic heterocycles. The van der Waals surface area contributed by atoms with Crippen molar-refractivity contribution in [3.05, 3.63) is 18.0 Å².